The van der Waals surface area contributed by atoms with Crippen LogP contribution in [0.1, 0.15) is 31.7 Å². The van der Waals surface area contributed by atoms with E-state index in [4.69, 9.17) is 9.47 Å². The van der Waals surface area contributed by atoms with Crippen LogP contribution in [0.25, 0.3) is 0 Å². The van der Waals surface area contributed by atoms with Crippen LogP contribution in [0.3, 0.4) is 0 Å². The number of esters is 2. The van der Waals surface area contributed by atoms with Gasteiger partial charge in [-0.25, -0.2) is 0 Å². The molecule has 0 saturated carbocycles. The number of ether oxygens (including phenoxy) is 2. The zero-order chi connectivity index (χ0) is 18.3. The van der Waals surface area contributed by atoms with Gasteiger partial charge in [0.05, 0.1) is 6.04 Å². The summed E-state index contributed by atoms with van der Waals surface area (Å²) in [6, 6.07) is 9.75. The fraction of sp³-hybridized carbons (Fsp3) is 0.333. The fourth-order valence-corrected chi connectivity index (χ4v) is 3.84. The summed E-state index contributed by atoms with van der Waals surface area (Å²) in [7, 11) is 0. The summed E-state index contributed by atoms with van der Waals surface area (Å²) in [4.78, 5) is 25.5. The maximum absolute atomic E-state index is 12.7. The summed E-state index contributed by atoms with van der Waals surface area (Å²) in [5.74, 6) is -3.80. The number of carbonyl (C=O) groups excluding carboxylic acids is 2. The first kappa shape index (κ1) is 16.6. The van der Waals surface area contributed by atoms with Gasteiger partial charge < -0.3 is 14.8 Å². The Hall–Kier alpha value is -2.82. The molecular weight excluding hydrogens is 330 g/mol. The van der Waals surface area contributed by atoms with E-state index in [1.54, 1.807) is 13.8 Å². The smallest absolute Gasteiger partial charge is 0.324 e. The number of rotatable bonds is 3. The Morgan fingerprint density at radius 3 is 2.50 bits per heavy atom. The SMILES string of the molecule is CC1(C)OC(=O)C(C(C2=CNC3CC=CC=C23)c2ccccc2)C(=O)O1. The minimum atomic E-state index is -1.23. The molecular formula is C21H21NO4. The summed E-state index contributed by atoms with van der Waals surface area (Å²) in [5.41, 5.74) is 2.92. The molecule has 1 aromatic carbocycles. The van der Waals surface area contributed by atoms with Crippen molar-refractivity contribution >= 4 is 11.9 Å². The van der Waals surface area contributed by atoms with Gasteiger partial charge in [-0.2, -0.15) is 0 Å². The maximum Gasteiger partial charge on any atom is 0.324 e. The second-order valence-corrected chi connectivity index (χ2v) is 7.21. The molecule has 3 aliphatic rings. The quantitative estimate of drug-likeness (QED) is 0.670. The second kappa shape index (κ2) is 6.16. The van der Waals surface area contributed by atoms with E-state index in [1.165, 1.54) is 0 Å². The van der Waals surface area contributed by atoms with Crippen LogP contribution in [0.2, 0.25) is 0 Å². The summed E-state index contributed by atoms with van der Waals surface area (Å²) in [5, 5.41) is 3.36. The maximum atomic E-state index is 12.7. The first-order valence-corrected chi connectivity index (χ1v) is 8.80. The molecule has 2 atom stereocenters. The molecule has 1 N–H and O–H groups in total. The largest absolute Gasteiger partial charge is 0.422 e. The van der Waals surface area contributed by atoms with E-state index in [2.05, 4.69) is 11.4 Å². The van der Waals surface area contributed by atoms with E-state index >= 15 is 0 Å². The Bertz CT molecular complexity index is 815. The molecule has 1 fully saturated rings. The second-order valence-electron chi connectivity index (χ2n) is 7.21. The summed E-state index contributed by atoms with van der Waals surface area (Å²) in [6.07, 6.45) is 8.94. The zero-order valence-electron chi connectivity index (χ0n) is 14.8. The van der Waals surface area contributed by atoms with Crippen LogP contribution in [-0.2, 0) is 19.1 Å². The lowest BCUT2D eigenvalue weighted by Gasteiger charge is -2.36. The van der Waals surface area contributed by atoms with E-state index < -0.39 is 29.6 Å². The van der Waals surface area contributed by atoms with Gasteiger partial charge in [0.1, 0.15) is 0 Å². The van der Waals surface area contributed by atoms with Crippen LogP contribution < -0.4 is 5.32 Å². The summed E-state index contributed by atoms with van der Waals surface area (Å²) >= 11 is 0. The van der Waals surface area contributed by atoms with Gasteiger partial charge in [-0.05, 0) is 23.1 Å². The van der Waals surface area contributed by atoms with Gasteiger partial charge in [-0.3, -0.25) is 9.59 Å². The predicted molar refractivity (Wildman–Crippen MR) is 95.8 cm³/mol. The van der Waals surface area contributed by atoms with Gasteiger partial charge in [0.2, 0.25) is 0 Å². The third kappa shape index (κ3) is 2.83. The van der Waals surface area contributed by atoms with E-state index in [-0.39, 0.29) is 6.04 Å². The number of hydrogen-bond donors (Lipinski definition) is 1. The molecule has 2 unspecified atom stereocenters. The Morgan fingerprint density at radius 2 is 1.81 bits per heavy atom. The minimum Gasteiger partial charge on any atom is -0.422 e. The highest BCUT2D eigenvalue weighted by Gasteiger charge is 2.49. The monoisotopic (exact) mass is 351 g/mol. The molecule has 0 spiro atoms. The highest BCUT2D eigenvalue weighted by Crippen LogP contribution is 2.43. The van der Waals surface area contributed by atoms with Gasteiger partial charge in [-0.1, -0.05) is 48.6 Å². The lowest BCUT2D eigenvalue weighted by atomic mass is 9.76. The van der Waals surface area contributed by atoms with Crippen molar-refractivity contribution < 1.29 is 19.1 Å². The molecule has 2 aliphatic heterocycles. The van der Waals surface area contributed by atoms with E-state index in [0.717, 1.165) is 23.1 Å². The molecule has 26 heavy (non-hydrogen) atoms. The molecule has 1 aliphatic carbocycles. The number of cyclic esters (lactones) is 2. The van der Waals surface area contributed by atoms with Crippen molar-refractivity contribution in [3.63, 3.8) is 0 Å². The third-order valence-electron chi connectivity index (χ3n) is 4.96. The van der Waals surface area contributed by atoms with Gasteiger partial charge in [0.15, 0.2) is 5.92 Å². The average molecular weight is 351 g/mol. The minimum absolute atomic E-state index is 0.174. The molecule has 4 rings (SSSR count). The number of allylic oxidation sites excluding steroid dienone is 2. The number of nitrogens with one attached hydrogen (secondary N) is 1. The van der Waals surface area contributed by atoms with Crippen molar-refractivity contribution in [1.29, 1.82) is 0 Å². The van der Waals surface area contributed by atoms with Crippen molar-refractivity contribution in [2.45, 2.75) is 38.0 Å². The molecule has 0 radical (unpaired) electrons. The molecule has 2 heterocycles. The number of hydrogen-bond acceptors (Lipinski definition) is 5. The molecule has 1 saturated heterocycles. The molecule has 0 amide bonds. The van der Waals surface area contributed by atoms with Crippen LogP contribution in [0.15, 0.2) is 65.9 Å². The highest BCUT2D eigenvalue weighted by molar-refractivity contribution is 5.98. The predicted octanol–water partition coefficient (Wildman–Crippen LogP) is 2.96. The molecule has 134 valence electrons. The number of benzene rings is 1. The van der Waals surface area contributed by atoms with E-state index in [0.29, 0.717) is 0 Å². The zero-order valence-corrected chi connectivity index (χ0v) is 14.8. The van der Waals surface area contributed by atoms with Crippen molar-refractivity contribution in [2.24, 2.45) is 5.92 Å². The number of carbonyl (C=O) groups is 2. The first-order chi connectivity index (χ1) is 12.5. The van der Waals surface area contributed by atoms with Gasteiger partial charge in [-0.15, -0.1) is 0 Å². The van der Waals surface area contributed by atoms with Crippen LogP contribution in [-0.4, -0.2) is 23.8 Å². The Morgan fingerprint density at radius 1 is 1.12 bits per heavy atom. The van der Waals surface area contributed by atoms with Gasteiger partial charge in [0, 0.05) is 26.0 Å². The number of fused-ring (bicyclic) bond motifs is 1. The first-order valence-electron chi connectivity index (χ1n) is 8.80. The molecule has 0 bridgehead atoms. The van der Waals surface area contributed by atoms with Gasteiger partial charge >= 0.3 is 11.9 Å². The molecule has 1 aromatic rings. The normalized spacial score (nSPS) is 25.4. The van der Waals surface area contributed by atoms with Crippen molar-refractivity contribution in [1.82, 2.24) is 5.32 Å². The molecule has 5 heteroatoms. The molecule has 0 aromatic heterocycles. The van der Waals surface area contributed by atoms with Crippen molar-refractivity contribution in [3.8, 4) is 0 Å². The van der Waals surface area contributed by atoms with E-state index in [9.17, 15) is 9.59 Å². The average Bonchev–Trinajstić information content (AvgIpc) is 3.02. The lowest BCUT2D eigenvalue weighted by Crippen LogP contribution is -2.48. The van der Waals surface area contributed by atoms with Crippen LogP contribution in [0.4, 0.5) is 0 Å². The topological polar surface area (TPSA) is 64.6 Å². The fourth-order valence-electron chi connectivity index (χ4n) is 3.84. The standard InChI is InChI=1S/C21H21NO4/c1-21(2)25-19(23)18(20(24)26-21)17(13-8-4-3-5-9-13)15-12-22-16-11-7-6-10-14(15)16/h3-10,12,16-18,22H,11H2,1-2H3. The summed E-state index contributed by atoms with van der Waals surface area (Å²) in [6.45, 7) is 3.13. The van der Waals surface area contributed by atoms with E-state index in [1.807, 2.05) is 48.7 Å². The van der Waals surface area contributed by atoms with Crippen LogP contribution in [0, 0.1) is 5.92 Å². The molecule has 5 nitrogen and oxygen atoms in total. The van der Waals surface area contributed by atoms with Crippen molar-refractivity contribution in [2.75, 3.05) is 0 Å². The van der Waals surface area contributed by atoms with Crippen LogP contribution >= 0.6 is 0 Å². The van der Waals surface area contributed by atoms with Gasteiger partial charge in [0.25, 0.3) is 5.79 Å². The highest BCUT2D eigenvalue weighted by atomic mass is 16.7. The lowest BCUT2D eigenvalue weighted by molar-refractivity contribution is -0.240. The van der Waals surface area contributed by atoms with Crippen LogP contribution in [0.5, 0.6) is 0 Å². The third-order valence-corrected chi connectivity index (χ3v) is 4.96. The van der Waals surface area contributed by atoms with Crippen molar-refractivity contribution in [3.05, 3.63) is 71.5 Å². The Labute approximate surface area is 152 Å². The Kier molecular flexibility index (Phi) is 3.94. The Balaban J connectivity index is 1.78. The summed E-state index contributed by atoms with van der Waals surface area (Å²) < 4.78 is 10.8.